The zero-order valence-corrected chi connectivity index (χ0v) is 11.9. The average Bonchev–Trinajstić information content (AvgIpc) is 2.56. The summed E-state index contributed by atoms with van der Waals surface area (Å²) in [4.78, 5) is 0. The van der Waals surface area contributed by atoms with E-state index < -0.39 is 0 Å². The van der Waals surface area contributed by atoms with Crippen molar-refractivity contribution in [1.29, 1.82) is 0 Å². The van der Waals surface area contributed by atoms with Gasteiger partial charge in [-0.2, -0.15) is 0 Å². The second kappa shape index (κ2) is 5.71. The summed E-state index contributed by atoms with van der Waals surface area (Å²) in [6.07, 6.45) is 0. The maximum atomic E-state index is 6.20. The third-order valence-electron chi connectivity index (χ3n) is 3.54. The van der Waals surface area contributed by atoms with Crippen molar-refractivity contribution in [3.8, 4) is 28.0 Å². The molecule has 0 aromatic heterocycles. The van der Waals surface area contributed by atoms with Crippen molar-refractivity contribution in [2.24, 2.45) is 0 Å². The Morgan fingerprint density at radius 3 is 1.76 bits per heavy atom. The lowest BCUT2D eigenvalue weighted by Gasteiger charge is -2.14. The SMILES string of the molecule is COc1cc(N)c(-c2ccccc2)cc1-c1ccccc1. The number of nitrogen functional groups attached to an aromatic ring is 1. The first-order valence-electron chi connectivity index (χ1n) is 6.88. The van der Waals surface area contributed by atoms with Crippen molar-refractivity contribution < 1.29 is 4.74 Å². The highest BCUT2D eigenvalue weighted by Gasteiger charge is 2.11. The van der Waals surface area contributed by atoms with Crippen molar-refractivity contribution in [2.75, 3.05) is 12.8 Å². The zero-order valence-electron chi connectivity index (χ0n) is 11.9. The number of methoxy groups -OCH3 is 1. The molecule has 3 aromatic carbocycles. The Kier molecular flexibility index (Phi) is 3.61. The Morgan fingerprint density at radius 2 is 1.24 bits per heavy atom. The van der Waals surface area contributed by atoms with Gasteiger partial charge in [0.15, 0.2) is 0 Å². The van der Waals surface area contributed by atoms with Crippen LogP contribution in [0, 0.1) is 0 Å². The van der Waals surface area contributed by atoms with Crippen LogP contribution in [0.15, 0.2) is 72.8 Å². The molecule has 0 amide bonds. The number of hydrogen-bond acceptors (Lipinski definition) is 2. The van der Waals surface area contributed by atoms with Gasteiger partial charge in [-0.3, -0.25) is 0 Å². The third kappa shape index (κ3) is 2.61. The Balaban J connectivity index is 2.20. The van der Waals surface area contributed by atoms with Crippen molar-refractivity contribution in [3.05, 3.63) is 72.8 Å². The van der Waals surface area contributed by atoms with Gasteiger partial charge in [-0.05, 0) is 17.2 Å². The summed E-state index contributed by atoms with van der Waals surface area (Å²) in [6.45, 7) is 0. The molecule has 0 spiro atoms. The molecule has 0 aliphatic carbocycles. The lowest BCUT2D eigenvalue weighted by molar-refractivity contribution is 0.416. The first kappa shape index (κ1) is 13.3. The second-order valence-electron chi connectivity index (χ2n) is 4.87. The zero-order chi connectivity index (χ0) is 14.7. The normalized spacial score (nSPS) is 10.3. The summed E-state index contributed by atoms with van der Waals surface area (Å²) in [5.74, 6) is 0.790. The average molecular weight is 275 g/mol. The number of hydrogen-bond donors (Lipinski definition) is 1. The summed E-state index contributed by atoms with van der Waals surface area (Å²) in [7, 11) is 1.67. The van der Waals surface area contributed by atoms with Crippen LogP contribution in [-0.2, 0) is 0 Å². The van der Waals surface area contributed by atoms with Gasteiger partial charge in [0, 0.05) is 22.9 Å². The highest BCUT2D eigenvalue weighted by Crippen LogP contribution is 2.38. The van der Waals surface area contributed by atoms with Crippen molar-refractivity contribution in [3.63, 3.8) is 0 Å². The minimum atomic E-state index is 0.720. The predicted molar refractivity (Wildman–Crippen MR) is 88.3 cm³/mol. The van der Waals surface area contributed by atoms with Crippen LogP contribution in [0.3, 0.4) is 0 Å². The van der Waals surface area contributed by atoms with E-state index in [1.54, 1.807) is 7.11 Å². The topological polar surface area (TPSA) is 35.2 Å². The maximum Gasteiger partial charge on any atom is 0.128 e. The van der Waals surface area contributed by atoms with Gasteiger partial charge in [0.2, 0.25) is 0 Å². The number of anilines is 1. The van der Waals surface area contributed by atoms with Gasteiger partial charge in [-0.15, -0.1) is 0 Å². The van der Waals surface area contributed by atoms with Gasteiger partial charge in [-0.25, -0.2) is 0 Å². The van der Waals surface area contributed by atoms with E-state index >= 15 is 0 Å². The lowest BCUT2D eigenvalue weighted by Crippen LogP contribution is -1.95. The number of nitrogens with two attached hydrogens (primary N) is 1. The molecule has 104 valence electrons. The van der Waals surface area contributed by atoms with Gasteiger partial charge in [0.1, 0.15) is 5.75 Å². The molecular formula is C19H17NO. The van der Waals surface area contributed by atoms with E-state index in [-0.39, 0.29) is 0 Å². The Bertz CT molecular complexity index is 736. The molecule has 0 atom stereocenters. The Hall–Kier alpha value is -2.74. The Labute approximate surface area is 124 Å². The van der Waals surface area contributed by atoms with Crippen LogP contribution in [0.5, 0.6) is 5.75 Å². The molecule has 2 nitrogen and oxygen atoms in total. The molecule has 0 heterocycles. The highest BCUT2D eigenvalue weighted by molar-refractivity contribution is 5.85. The van der Waals surface area contributed by atoms with Crippen LogP contribution in [-0.4, -0.2) is 7.11 Å². The molecule has 0 radical (unpaired) electrons. The van der Waals surface area contributed by atoms with Gasteiger partial charge < -0.3 is 10.5 Å². The summed E-state index contributed by atoms with van der Waals surface area (Å²) >= 11 is 0. The minimum absolute atomic E-state index is 0.720. The molecule has 0 unspecified atom stereocenters. The molecule has 0 bridgehead atoms. The fourth-order valence-corrected chi connectivity index (χ4v) is 2.48. The number of benzene rings is 3. The molecule has 0 fully saturated rings. The molecule has 2 N–H and O–H groups in total. The van der Waals surface area contributed by atoms with E-state index in [9.17, 15) is 0 Å². The van der Waals surface area contributed by atoms with Gasteiger partial charge in [0.05, 0.1) is 7.11 Å². The monoisotopic (exact) mass is 275 g/mol. The highest BCUT2D eigenvalue weighted by atomic mass is 16.5. The molecule has 0 saturated carbocycles. The standard InChI is InChI=1S/C19H17NO/c1-21-19-13-18(20)16(14-8-4-2-5-9-14)12-17(19)15-10-6-3-7-11-15/h2-13H,20H2,1H3. The molecule has 21 heavy (non-hydrogen) atoms. The molecular weight excluding hydrogens is 258 g/mol. The van der Waals surface area contributed by atoms with Crippen LogP contribution in [0.1, 0.15) is 0 Å². The molecule has 0 saturated heterocycles. The van der Waals surface area contributed by atoms with E-state index in [0.29, 0.717) is 0 Å². The van der Waals surface area contributed by atoms with Gasteiger partial charge >= 0.3 is 0 Å². The quantitative estimate of drug-likeness (QED) is 0.708. The maximum absolute atomic E-state index is 6.20. The fourth-order valence-electron chi connectivity index (χ4n) is 2.48. The van der Waals surface area contributed by atoms with Crippen LogP contribution < -0.4 is 10.5 Å². The fraction of sp³-hybridized carbons (Fsp3) is 0.0526. The van der Waals surface area contributed by atoms with E-state index in [1.165, 1.54) is 0 Å². The minimum Gasteiger partial charge on any atom is -0.496 e. The summed E-state index contributed by atoms with van der Waals surface area (Å²) in [6, 6.07) is 24.3. The summed E-state index contributed by atoms with van der Waals surface area (Å²) < 4.78 is 5.49. The van der Waals surface area contributed by atoms with E-state index in [4.69, 9.17) is 10.5 Å². The van der Waals surface area contributed by atoms with Crippen molar-refractivity contribution in [2.45, 2.75) is 0 Å². The first-order chi connectivity index (χ1) is 10.3. The van der Waals surface area contributed by atoms with E-state index in [2.05, 4.69) is 30.3 Å². The summed E-state index contributed by atoms with van der Waals surface area (Å²) in [5.41, 5.74) is 11.2. The number of ether oxygens (including phenoxy) is 1. The predicted octanol–water partition coefficient (Wildman–Crippen LogP) is 4.61. The molecule has 3 rings (SSSR count). The number of rotatable bonds is 3. The molecule has 0 aliphatic rings. The van der Waals surface area contributed by atoms with Crippen molar-refractivity contribution >= 4 is 5.69 Å². The smallest absolute Gasteiger partial charge is 0.128 e. The van der Waals surface area contributed by atoms with Crippen LogP contribution in [0.4, 0.5) is 5.69 Å². The van der Waals surface area contributed by atoms with Crippen LogP contribution in [0.2, 0.25) is 0 Å². The van der Waals surface area contributed by atoms with E-state index in [0.717, 1.165) is 33.7 Å². The third-order valence-corrected chi connectivity index (χ3v) is 3.54. The molecule has 3 aromatic rings. The largest absolute Gasteiger partial charge is 0.496 e. The molecule has 2 heteroatoms. The molecule has 0 aliphatic heterocycles. The van der Waals surface area contributed by atoms with Crippen LogP contribution in [0.25, 0.3) is 22.3 Å². The van der Waals surface area contributed by atoms with Gasteiger partial charge in [-0.1, -0.05) is 60.7 Å². The van der Waals surface area contributed by atoms with Crippen molar-refractivity contribution in [1.82, 2.24) is 0 Å². The van der Waals surface area contributed by atoms with Crippen LogP contribution >= 0.6 is 0 Å². The second-order valence-corrected chi connectivity index (χ2v) is 4.87. The Morgan fingerprint density at radius 1 is 0.714 bits per heavy atom. The lowest BCUT2D eigenvalue weighted by atomic mass is 9.96. The van der Waals surface area contributed by atoms with Gasteiger partial charge in [0.25, 0.3) is 0 Å². The first-order valence-corrected chi connectivity index (χ1v) is 6.88. The summed E-state index contributed by atoms with van der Waals surface area (Å²) in [5, 5.41) is 0. The van der Waals surface area contributed by atoms with E-state index in [1.807, 2.05) is 42.5 Å².